The number of hydrogen-bond donors (Lipinski definition) is 1. The molecule has 1 amide bonds. The van der Waals surface area contributed by atoms with E-state index in [1.807, 2.05) is 46.4 Å². The number of furan rings is 1. The van der Waals surface area contributed by atoms with Crippen LogP contribution in [0.15, 0.2) is 4.42 Å². The molecule has 1 saturated heterocycles. The molecule has 1 aliphatic heterocycles. The maximum Gasteiger partial charge on any atom is 0.257 e. The summed E-state index contributed by atoms with van der Waals surface area (Å²) in [5, 5.41) is 10.2. The van der Waals surface area contributed by atoms with Crippen LogP contribution in [0.4, 0.5) is 0 Å². The lowest BCUT2D eigenvalue weighted by Crippen LogP contribution is -2.51. The third-order valence-corrected chi connectivity index (χ3v) is 4.87. The van der Waals surface area contributed by atoms with Gasteiger partial charge in [-0.2, -0.15) is 0 Å². The van der Waals surface area contributed by atoms with E-state index in [1.165, 1.54) is 0 Å². The van der Waals surface area contributed by atoms with E-state index in [1.54, 1.807) is 0 Å². The van der Waals surface area contributed by atoms with Gasteiger partial charge in [-0.25, -0.2) is 0 Å². The maximum atomic E-state index is 12.7. The van der Waals surface area contributed by atoms with Gasteiger partial charge in [0.15, 0.2) is 0 Å². The molecular weight excluding hydrogens is 292 g/mol. The molecule has 130 valence electrons. The standard InChI is InChI=1S/C18H30N2O3/c1-12-13(2)23-14(3)16(12)17(22)20-9-7-19(8-10-20)11-15(21)18(4,5)6/h15,21H,7-11H2,1-6H3/t15-/m0/s1. The Hall–Kier alpha value is -1.33. The minimum absolute atomic E-state index is 0.0628. The highest BCUT2D eigenvalue weighted by molar-refractivity contribution is 5.97. The van der Waals surface area contributed by atoms with Gasteiger partial charge < -0.3 is 14.4 Å². The van der Waals surface area contributed by atoms with Crippen molar-refractivity contribution in [3.05, 3.63) is 22.6 Å². The van der Waals surface area contributed by atoms with Crippen LogP contribution >= 0.6 is 0 Å². The normalized spacial score (nSPS) is 18.3. The average Bonchev–Trinajstić information content (AvgIpc) is 2.71. The SMILES string of the molecule is Cc1oc(C)c(C(=O)N2CCN(C[C@H](O)C(C)(C)C)CC2)c1C. The molecule has 0 unspecified atom stereocenters. The molecule has 0 aliphatic carbocycles. The summed E-state index contributed by atoms with van der Waals surface area (Å²) in [6.45, 7) is 15.5. The monoisotopic (exact) mass is 322 g/mol. The summed E-state index contributed by atoms with van der Waals surface area (Å²) in [6, 6.07) is 0. The van der Waals surface area contributed by atoms with Gasteiger partial charge in [0.2, 0.25) is 0 Å². The number of rotatable bonds is 3. The number of piperazine rings is 1. The molecule has 0 bridgehead atoms. The van der Waals surface area contributed by atoms with Gasteiger partial charge >= 0.3 is 0 Å². The highest BCUT2D eigenvalue weighted by atomic mass is 16.3. The van der Waals surface area contributed by atoms with Gasteiger partial charge in [-0.1, -0.05) is 20.8 Å². The fraction of sp³-hybridized carbons (Fsp3) is 0.722. The Bertz CT molecular complexity index is 564. The Kier molecular flexibility index (Phi) is 5.21. The van der Waals surface area contributed by atoms with E-state index in [9.17, 15) is 9.90 Å². The second-order valence-corrected chi connectivity index (χ2v) is 7.69. The van der Waals surface area contributed by atoms with Crippen LogP contribution < -0.4 is 0 Å². The molecule has 23 heavy (non-hydrogen) atoms. The molecule has 1 N–H and O–H groups in total. The first-order valence-electron chi connectivity index (χ1n) is 8.37. The number of carbonyl (C=O) groups is 1. The zero-order chi connectivity index (χ0) is 17.4. The van der Waals surface area contributed by atoms with Gasteiger partial charge in [0.25, 0.3) is 5.91 Å². The van der Waals surface area contributed by atoms with E-state index in [0.717, 1.165) is 24.4 Å². The van der Waals surface area contributed by atoms with Crippen molar-refractivity contribution in [1.82, 2.24) is 9.80 Å². The van der Waals surface area contributed by atoms with Crippen molar-refractivity contribution >= 4 is 5.91 Å². The maximum absolute atomic E-state index is 12.7. The Morgan fingerprint density at radius 2 is 1.70 bits per heavy atom. The second kappa shape index (κ2) is 6.65. The lowest BCUT2D eigenvalue weighted by molar-refractivity contribution is 0.0136. The fourth-order valence-corrected chi connectivity index (χ4v) is 2.92. The summed E-state index contributed by atoms with van der Waals surface area (Å²) in [7, 11) is 0. The van der Waals surface area contributed by atoms with Gasteiger partial charge in [-0.15, -0.1) is 0 Å². The zero-order valence-electron chi connectivity index (χ0n) is 15.3. The fourth-order valence-electron chi connectivity index (χ4n) is 2.92. The molecule has 5 heteroatoms. The number of hydrogen-bond acceptors (Lipinski definition) is 4. The number of aliphatic hydroxyl groups excluding tert-OH is 1. The van der Waals surface area contributed by atoms with Crippen molar-refractivity contribution in [3.63, 3.8) is 0 Å². The van der Waals surface area contributed by atoms with E-state index in [-0.39, 0.29) is 17.4 Å². The number of aliphatic hydroxyl groups is 1. The molecule has 1 aliphatic rings. The van der Waals surface area contributed by atoms with Gasteiger partial charge in [-0.05, 0) is 26.2 Å². The summed E-state index contributed by atoms with van der Waals surface area (Å²) >= 11 is 0. The van der Waals surface area contributed by atoms with Crippen molar-refractivity contribution in [2.75, 3.05) is 32.7 Å². The summed E-state index contributed by atoms with van der Waals surface area (Å²) in [6.07, 6.45) is -0.356. The third-order valence-electron chi connectivity index (χ3n) is 4.87. The second-order valence-electron chi connectivity index (χ2n) is 7.69. The van der Waals surface area contributed by atoms with Crippen molar-refractivity contribution in [1.29, 1.82) is 0 Å². The van der Waals surface area contributed by atoms with E-state index >= 15 is 0 Å². The number of amides is 1. The average molecular weight is 322 g/mol. The first-order chi connectivity index (χ1) is 10.6. The highest BCUT2D eigenvalue weighted by Gasteiger charge is 2.29. The van der Waals surface area contributed by atoms with Gasteiger partial charge in [0.1, 0.15) is 11.5 Å². The Labute approximate surface area is 139 Å². The van der Waals surface area contributed by atoms with Crippen molar-refractivity contribution < 1.29 is 14.3 Å². The minimum atomic E-state index is -0.356. The quantitative estimate of drug-likeness (QED) is 0.928. The van der Waals surface area contributed by atoms with Crippen LogP contribution in [-0.2, 0) is 0 Å². The molecule has 0 radical (unpaired) electrons. The number of carbonyl (C=O) groups excluding carboxylic acids is 1. The lowest BCUT2D eigenvalue weighted by atomic mass is 9.89. The van der Waals surface area contributed by atoms with Gasteiger partial charge in [-0.3, -0.25) is 9.69 Å². The molecule has 1 atom stereocenters. The lowest BCUT2D eigenvalue weighted by Gasteiger charge is -2.38. The Morgan fingerprint density at radius 3 is 2.13 bits per heavy atom. The van der Waals surface area contributed by atoms with Crippen LogP contribution in [0, 0.1) is 26.2 Å². The largest absolute Gasteiger partial charge is 0.466 e. The predicted molar refractivity (Wildman–Crippen MR) is 90.7 cm³/mol. The van der Waals surface area contributed by atoms with E-state index in [0.29, 0.717) is 31.0 Å². The predicted octanol–water partition coefficient (Wildman–Crippen LogP) is 2.37. The van der Waals surface area contributed by atoms with E-state index in [2.05, 4.69) is 4.90 Å². The van der Waals surface area contributed by atoms with E-state index in [4.69, 9.17) is 4.42 Å². The van der Waals surface area contributed by atoms with Crippen LogP contribution in [-0.4, -0.2) is 59.6 Å². The molecule has 0 saturated carbocycles. The summed E-state index contributed by atoms with van der Waals surface area (Å²) in [5.74, 6) is 1.58. The number of β-amino-alcohol motifs (C(OH)–C–C–N with tert-alkyl or cyclic N) is 1. The Morgan fingerprint density at radius 1 is 1.13 bits per heavy atom. The van der Waals surface area contributed by atoms with Crippen LogP contribution in [0.25, 0.3) is 0 Å². The van der Waals surface area contributed by atoms with Crippen LogP contribution in [0.3, 0.4) is 0 Å². The summed E-state index contributed by atoms with van der Waals surface area (Å²) in [5.41, 5.74) is 1.54. The van der Waals surface area contributed by atoms with Crippen molar-refractivity contribution in [3.8, 4) is 0 Å². The molecular formula is C18H30N2O3. The molecule has 5 nitrogen and oxygen atoms in total. The van der Waals surface area contributed by atoms with Gasteiger partial charge in [0.05, 0.1) is 11.7 Å². The molecule has 2 rings (SSSR count). The summed E-state index contributed by atoms with van der Waals surface area (Å²) < 4.78 is 5.58. The van der Waals surface area contributed by atoms with Gasteiger partial charge in [0, 0.05) is 38.3 Å². The molecule has 0 aromatic carbocycles. The van der Waals surface area contributed by atoms with E-state index < -0.39 is 0 Å². The number of aryl methyl sites for hydroxylation is 2. The highest BCUT2D eigenvalue weighted by Crippen LogP contribution is 2.24. The first-order valence-corrected chi connectivity index (χ1v) is 8.37. The minimum Gasteiger partial charge on any atom is -0.466 e. The topological polar surface area (TPSA) is 56.9 Å². The van der Waals surface area contributed by atoms with Crippen LogP contribution in [0.5, 0.6) is 0 Å². The first kappa shape index (κ1) is 18.0. The smallest absolute Gasteiger partial charge is 0.257 e. The molecule has 2 heterocycles. The van der Waals surface area contributed by atoms with Crippen LogP contribution in [0.1, 0.15) is 48.2 Å². The molecule has 1 aromatic rings. The van der Waals surface area contributed by atoms with Crippen LogP contribution in [0.2, 0.25) is 0 Å². The third kappa shape index (κ3) is 3.96. The zero-order valence-corrected chi connectivity index (χ0v) is 15.3. The van der Waals surface area contributed by atoms with Crippen molar-refractivity contribution in [2.45, 2.75) is 47.6 Å². The molecule has 1 fully saturated rings. The van der Waals surface area contributed by atoms with Crippen molar-refractivity contribution in [2.24, 2.45) is 5.41 Å². The molecule has 1 aromatic heterocycles. The summed E-state index contributed by atoms with van der Waals surface area (Å²) in [4.78, 5) is 16.9. The molecule has 0 spiro atoms. The Balaban J connectivity index is 1.95. The number of nitrogens with zero attached hydrogens (tertiary/aromatic N) is 2.